The predicted molar refractivity (Wildman–Crippen MR) is 121 cm³/mol. The maximum Gasteiger partial charge on any atom is 0.243 e. The topological polar surface area (TPSA) is 63.7 Å². The maximum atomic E-state index is 12.0. The Balaban J connectivity index is 1.34. The van der Waals surface area contributed by atoms with Crippen LogP contribution in [0.5, 0.6) is 5.75 Å². The van der Waals surface area contributed by atoms with Crippen LogP contribution in [0.15, 0.2) is 35.7 Å². The molecule has 162 valence electrons. The number of carbonyl (C=O) groups is 1. The lowest BCUT2D eigenvalue weighted by Gasteiger charge is -2.35. The van der Waals surface area contributed by atoms with Crippen LogP contribution in [0.4, 0.5) is 0 Å². The molecular weight excluding hydrogens is 398 g/mol. The standard InChI is InChI=1S/C23H31N3O3S/c1-17-13-26(14-18(2)29-17)12-4-11-24-23(27)10-7-20-5-8-22(9-6-20)28-15-21-16-30-19(3)25-21/h5-10,16-18H,4,11-15H2,1-3H3,(H,24,27)/b10-7+. The summed E-state index contributed by atoms with van der Waals surface area (Å²) in [5.41, 5.74) is 1.90. The van der Waals surface area contributed by atoms with Crippen molar-refractivity contribution in [3.63, 3.8) is 0 Å². The Morgan fingerprint density at radius 2 is 2.03 bits per heavy atom. The number of benzene rings is 1. The molecule has 1 aromatic carbocycles. The highest BCUT2D eigenvalue weighted by atomic mass is 32.1. The number of aromatic nitrogens is 1. The SMILES string of the molecule is Cc1nc(COc2ccc(/C=C/C(=O)NCCCN3CC(C)OC(C)C3)cc2)cs1. The van der Waals surface area contributed by atoms with E-state index < -0.39 is 0 Å². The van der Waals surface area contributed by atoms with Crippen molar-refractivity contribution in [3.8, 4) is 5.75 Å². The average molecular weight is 430 g/mol. The van der Waals surface area contributed by atoms with E-state index in [1.54, 1.807) is 17.4 Å². The molecule has 6 nitrogen and oxygen atoms in total. The van der Waals surface area contributed by atoms with Gasteiger partial charge in [0.1, 0.15) is 12.4 Å². The first-order valence-corrected chi connectivity index (χ1v) is 11.3. The van der Waals surface area contributed by atoms with E-state index in [2.05, 4.69) is 29.0 Å². The lowest BCUT2D eigenvalue weighted by Crippen LogP contribution is -2.46. The van der Waals surface area contributed by atoms with E-state index in [1.165, 1.54) is 0 Å². The van der Waals surface area contributed by atoms with E-state index in [9.17, 15) is 4.79 Å². The van der Waals surface area contributed by atoms with E-state index in [1.807, 2.05) is 42.6 Å². The first kappa shape index (κ1) is 22.5. The number of ether oxygens (including phenoxy) is 2. The van der Waals surface area contributed by atoms with Gasteiger partial charge in [-0.1, -0.05) is 12.1 Å². The second-order valence-corrected chi connectivity index (χ2v) is 8.77. The van der Waals surface area contributed by atoms with Crippen LogP contribution < -0.4 is 10.1 Å². The second kappa shape index (κ2) is 11.2. The third-order valence-corrected chi connectivity index (χ3v) is 5.63. The summed E-state index contributed by atoms with van der Waals surface area (Å²) in [7, 11) is 0. The molecule has 2 atom stereocenters. The Bertz CT molecular complexity index is 824. The fourth-order valence-corrected chi connectivity index (χ4v) is 4.12. The zero-order chi connectivity index (χ0) is 21.3. The molecule has 2 heterocycles. The van der Waals surface area contributed by atoms with Gasteiger partial charge in [0.05, 0.1) is 22.9 Å². The van der Waals surface area contributed by atoms with E-state index in [-0.39, 0.29) is 18.1 Å². The third kappa shape index (κ3) is 7.55. The highest BCUT2D eigenvalue weighted by Crippen LogP contribution is 2.16. The highest BCUT2D eigenvalue weighted by Gasteiger charge is 2.21. The minimum atomic E-state index is -0.0713. The van der Waals surface area contributed by atoms with E-state index in [0.717, 1.165) is 48.1 Å². The van der Waals surface area contributed by atoms with Crippen LogP contribution in [-0.2, 0) is 16.1 Å². The van der Waals surface area contributed by atoms with Crippen molar-refractivity contribution in [2.45, 2.75) is 46.0 Å². The Morgan fingerprint density at radius 3 is 2.70 bits per heavy atom. The summed E-state index contributed by atoms with van der Waals surface area (Å²) in [5.74, 6) is 0.715. The molecule has 1 fully saturated rings. The van der Waals surface area contributed by atoms with Gasteiger partial charge in [0.15, 0.2) is 0 Å². The zero-order valence-corrected chi connectivity index (χ0v) is 18.8. The van der Waals surface area contributed by atoms with Gasteiger partial charge < -0.3 is 14.8 Å². The lowest BCUT2D eigenvalue weighted by molar-refractivity contribution is -0.116. The fraction of sp³-hybridized carbons (Fsp3) is 0.478. The number of rotatable bonds is 9. The van der Waals surface area contributed by atoms with Gasteiger partial charge in [-0.3, -0.25) is 9.69 Å². The molecule has 0 saturated carbocycles. The number of morpholine rings is 1. The van der Waals surface area contributed by atoms with Crippen molar-refractivity contribution in [1.29, 1.82) is 0 Å². The molecule has 1 aliphatic heterocycles. The monoisotopic (exact) mass is 429 g/mol. The molecule has 0 aliphatic carbocycles. The van der Waals surface area contributed by atoms with E-state index in [0.29, 0.717) is 13.2 Å². The summed E-state index contributed by atoms with van der Waals surface area (Å²) in [6, 6.07) is 7.68. The summed E-state index contributed by atoms with van der Waals surface area (Å²) in [4.78, 5) is 18.8. The third-order valence-electron chi connectivity index (χ3n) is 4.81. The van der Waals surface area contributed by atoms with Gasteiger partial charge in [-0.15, -0.1) is 11.3 Å². The molecule has 1 amide bonds. The minimum absolute atomic E-state index is 0.0713. The summed E-state index contributed by atoms with van der Waals surface area (Å²) in [6.07, 6.45) is 4.88. The van der Waals surface area contributed by atoms with Crippen LogP contribution in [0.3, 0.4) is 0 Å². The molecule has 7 heteroatoms. The number of amides is 1. The van der Waals surface area contributed by atoms with Crippen molar-refractivity contribution < 1.29 is 14.3 Å². The van der Waals surface area contributed by atoms with Gasteiger partial charge in [0.25, 0.3) is 0 Å². The quantitative estimate of drug-likeness (QED) is 0.487. The predicted octanol–water partition coefficient (Wildman–Crippen LogP) is 3.66. The van der Waals surface area contributed by atoms with Crippen LogP contribution >= 0.6 is 11.3 Å². The minimum Gasteiger partial charge on any atom is -0.487 e. The molecule has 0 radical (unpaired) electrons. The van der Waals surface area contributed by atoms with Gasteiger partial charge in [0, 0.05) is 37.6 Å². The Kier molecular flexibility index (Phi) is 8.42. The lowest BCUT2D eigenvalue weighted by atomic mass is 10.2. The molecule has 0 spiro atoms. The van der Waals surface area contributed by atoms with Crippen molar-refractivity contribution >= 4 is 23.3 Å². The number of hydrogen-bond donors (Lipinski definition) is 1. The molecule has 2 unspecified atom stereocenters. The highest BCUT2D eigenvalue weighted by molar-refractivity contribution is 7.09. The van der Waals surface area contributed by atoms with Crippen LogP contribution in [0.1, 0.15) is 36.5 Å². The summed E-state index contributed by atoms with van der Waals surface area (Å²) in [6.45, 7) is 10.2. The van der Waals surface area contributed by atoms with Crippen molar-refractivity contribution in [2.75, 3.05) is 26.2 Å². The summed E-state index contributed by atoms with van der Waals surface area (Å²) < 4.78 is 11.5. The molecule has 2 aromatic rings. The van der Waals surface area contributed by atoms with Gasteiger partial charge >= 0.3 is 0 Å². The van der Waals surface area contributed by atoms with Crippen LogP contribution in [-0.4, -0.2) is 54.2 Å². The molecule has 1 aromatic heterocycles. The van der Waals surface area contributed by atoms with Crippen molar-refractivity contribution in [1.82, 2.24) is 15.2 Å². The van der Waals surface area contributed by atoms with E-state index >= 15 is 0 Å². The van der Waals surface area contributed by atoms with Gasteiger partial charge in [-0.2, -0.15) is 0 Å². The van der Waals surface area contributed by atoms with Gasteiger partial charge in [0.2, 0.25) is 5.91 Å². The Morgan fingerprint density at radius 1 is 1.30 bits per heavy atom. The number of thiazole rings is 1. The number of hydrogen-bond acceptors (Lipinski definition) is 6. The van der Waals surface area contributed by atoms with Crippen LogP contribution in [0, 0.1) is 6.92 Å². The molecule has 30 heavy (non-hydrogen) atoms. The summed E-state index contributed by atoms with van der Waals surface area (Å²) in [5, 5.41) is 6.00. The number of nitrogens with one attached hydrogen (secondary N) is 1. The van der Waals surface area contributed by atoms with Gasteiger partial charge in [-0.05, 0) is 51.0 Å². The largest absolute Gasteiger partial charge is 0.487 e. The molecule has 0 bridgehead atoms. The molecule has 3 rings (SSSR count). The Labute approximate surface area is 182 Å². The normalized spacial score (nSPS) is 19.8. The Hall–Kier alpha value is -2.22. The maximum absolute atomic E-state index is 12.0. The summed E-state index contributed by atoms with van der Waals surface area (Å²) >= 11 is 1.62. The molecule has 1 saturated heterocycles. The molecule has 1 N–H and O–H groups in total. The first-order chi connectivity index (χ1) is 14.5. The van der Waals surface area contributed by atoms with E-state index in [4.69, 9.17) is 9.47 Å². The molecule has 1 aliphatic rings. The zero-order valence-electron chi connectivity index (χ0n) is 18.0. The van der Waals surface area contributed by atoms with Crippen molar-refractivity contribution in [3.05, 3.63) is 52.0 Å². The number of nitrogens with zero attached hydrogens (tertiary/aromatic N) is 2. The fourth-order valence-electron chi connectivity index (χ4n) is 3.52. The smallest absolute Gasteiger partial charge is 0.243 e. The molecular formula is C23H31N3O3S. The first-order valence-electron chi connectivity index (χ1n) is 10.5. The average Bonchev–Trinajstić information content (AvgIpc) is 3.13. The van der Waals surface area contributed by atoms with Crippen LogP contribution in [0.25, 0.3) is 6.08 Å². The van der Waals surface area contributed by atoms with Crippen LogP contribution in [0.2, 0.25) is 0 Å². The number of carbonyl (C=O) groups excluding carboxylic acids is 1. The van der Waals surface area contributed by atoms with Crippen molar-refractivity contribution in [2.24, 2.45) is 0 Å². The number of aryl methyl sites for hydroxylation is 1. The van der Waals surface area contributed by atoms with Gasteiger partial charge in [-0.25, -0.2) is 4.98 Å². The second-order valence-electron chi connectivity index (χ2n) is 7.71.